The number of carboxylic acid groups (broad SMARTS) is 1. The summed E-state index contributed by atoms with van der Waals surface area (Å²) in [6, 6.07) is 48.0. The number of urea groups is 1. The number of phenols is 1. The summed E-state index contributed by atoms with van der Waals surface area (Å²) >= 11 is 1.80. The minimum Gasteiger partial charge on any atom is -0.508 e. The molecule has 92 heavy (non-hydrogen) atoms. The Morgan fingerprint density at radius 3 is 1.72 bits per heavy atom. The number of nitrogens with zero attached hydrogens (tertiary/aromatic N) is 2. The maximum Gasteiger partial charge on any atom is 0.326 e. The van der Waals surface area contributed by atoms with E-state index in [0.29, 0.717) is 55.5 Å². The number of aliphatic carboxylic acids is 1. The molecule has 2 saturated heterocycles. The minimum atomic E-state index is -1.43. The second-order valence-corrected chi connectivity index (χ2v) is 25.2. The van der Waals surface area contributed by atoms with Crippen molar-refractivity contribution in [2.45, 2.75) is 157 Å². The third kappa shape index (κ3) is 18.5. The van der Waals surface area contributed by atoms with Gasteiger partial charge in [0.2, 0.25) is 29.5 Å². The van der Waals surface area contributed by atoms with Crippen molar-refractivity contribution in [1.82, 2.24) is 46.8 Å². The molecular formula is C73H85N9O9S. The van der Waals surface area contributed by atoms with E-state index in [1.54, 1.807) is 30.2 Å². The van der Waals surface area contributed by atoms with Crippen molar-refractivity contribution in [3.63, 3.8) is 0 Å². The van der Waals surface area contributed by atoms with Crippen LogP contribution in [0.25, 0.3) is 11.1 Å². The third-order valence-electron chi connectivity index (χ3n) is 17.3. The lowest BCUT2D eigenvalue weighted by Crippen LogP contribution is -2.58. The Morgan fingerprint density at radius 2 is 1.10 bits per heavy atom. The summed E-state index contributed by atoms with van der Waals surface area (Å²) in [6.07, 6.45) is 11.7. The fraction of sp³-hybridized carbons (Fsp3) is 0.370. The van der Waals surface area contributed by atoms with E-state index < -0.39 is 53.4 Å². The average molecular weight is 1260 g/mol. The molecule has 9 rings (SSSR count). The number of imidazole rings is 1. The van der Waals surface area contributed by atoms with Crippen LogP contribution in [0.2, 0.25) is 0 Å². The van der Waals surface area contributed by atoms with E-state index in [1.165, 1.54) is 12.1 Å². The van der Waals surface area contributed by atoms with Crippen molar-refractivity contribution >= 4 is 53.3 Å². The van der Waals surface area contributed by atoms with Gasteiger partial charge >= 0.3 is 12.0 Å². The van der Waals surface area contributed by atoms with Crippen molar-refractivity contribution in [1.29, 1.82) is 0 Å². The molecule has 2 aliphatic rings. The highest BCUT2D eigenvalue weighted by Crippen LogP contribution is 2.41. The Hall–Kier alpha value is -9.23. The fourth-order valence-electron chi connectivity index (χ4n) is 12.3. The minimum absolute atomic E-state index is 0.00876. The second kappa shape index (κ2) is 33.7. The Balaban J connectivity index is 1.00. The SMILES string of the molecule is CCCCCCCC(=O)NCCCC[C@H](NC(=O)[C@H](Cc1cn(C(c2ccccc2)(c2ccccc2)c2ccccc2)cn1)NC(=O)CCCC[C@@H]1SC[C@@H]2NC(=O)N[C@@H]21)C(=O)N[C@@H](Cc1ccc(-c2ccccc2)cc1)C(=O)N[C@@H](Cc1ccc(O)cc1)C(=O)O. The predicted molar refractivity (Wildman–Crippen MR) is 357 cm³/mol. The number of carbonyl (C=O) groups is 7. The molecule has 7 atom stereocenters. The van der Waals surface area contributed by atoms with Crippen LogP contribution < -0.4 is 37.2 Å². The fourth-order valence-corrected chi connectivity index (χ4v) is 13.9. The summed E-state index contributed by atoms with van der Waals surface area (Å²) in [4.78, 5) is 102. The normalized spacial score (nSPS) is 16.4. The second-order valence-electron chi connectivity index (χ2n) is 23.9. The van der Waals surface area contributed by atoms with Gasteiger partial charge in [-0.05, 0) is 89.6 Å². The van der Waals surface area contributed by atoms with Crippen LogP contribution in [0.3, 0.4) is 0 Å². The lowest BCUT2D eigenvalue weighted by molar-refractivity contribution is -0.142. The number of unbranched alkanes of at least 4 members (excludes halogenated alkanes) is 6. The van der Waals surface area contributed by atoms with Crippen LogP contribution in [0.5, 0.6) is 5.75 Å². The zero-order valence-electron chi connectivity index (χ0n) is 52.1. The number of benzene rings is 6. The molecule has 0 spiro atoms. The smallest absolute Gasteiger partial charge is 0.326 e. The number of carboxylic acids is 1. The average Bonchev–Trinajstić information content (AvgIpc) is 1.14. The van der Waals surface area contributed by atoms with E-state index in [9.17, 15) is 34.2 Å². The lowest BCUT2D eigenvalue weighted by atomic mass is 9.77. The number of thioether (sulfide) groups is 1. The molecule has 6 aromatic carbocycles. The summed E-state index contributed by atoms with van der Waals surface area (Å²) in [6.45, 7) is 2.46. The standard InChI is InChI=1S/C73H85N9O9S/c1-2-3-4-5-18-33-65(84)74-43-22-21-31-59(68(86)78-60(44-50-35-39-53(40-36-50)52-23-10-6-11-24-52)69(87)79-62(71(89)90)45-51-37-41-58(83)42-38-51)77-70(88)61(76-66(85)34-20-19-32-64-67-63(48-92-64)80-72(91)81-67)46-57-47-82(49-75-57)73(54-25-12-7-13-26-54,55-27-14-8-15-28-55)56-29-16-9-17-30-56/h6-17,23-30,35-42,47,49,59-64,67,83H,2-5,18-22,31-34,43-46,48H2,1H3,(H,74,84)(H,76,85)(H,77,88)(H,78,86)(H,79,87)(H,89,90)(H2,80,81,91)/t59-,60-,61-,62-,63-,64-,67-/m0/s1. The van der Waals surface area contributed by atoms with Crippen LogP contribution in [0, 0.1) is 0 Å². The van der Waals surface area contributed by atoms with Gasteiger partial charge in [-0.15, -0.1) is 0 Å². The maximum atomic E-state index is 15.3. The molecule has 482 valence electrons. The van der Waals surface area contributed by atoms with E-state index in [1.807, 2.05) is 120 Å². The van der Waals surface area contributed by atoms with Gasteiger partial charge in [-0.2, -0.15) is 11.8 Å². The molecular weight excluding hydrogens is 1180 g/mol. The van der Waals surface area contributed by atoms with E-state index in [2.05, 4.69) is 80.5 Å². The van der Waals surface area contributed by atoms with Crippen molar-refractivity contribution in [2.24, 2.45) is 0 Å². The summed E-state index contributed by atoms with van der Waals surface area (Å²) < 4.78 is 2.02. The summed E-state index contributed by atoms with van der Waals surface area (Å²) in [5.74, 6) is -3.16. The molecule has 0 radical (unpaired) electrons. The molecule has 0 aliphatic carbocycles. The number of rotatable bonds is 35. The Kier molecular flexibility index (Phi) is 24.6. The van der Waals surface area contributed by atoms with Crippen LogP contribution in [-0.4, -0.2) is 115 Å². The van der Waals surface area contributed by atoms with E-state index in [0.717, 1.165) is 72.1 Å². The molecule has 19 heteroatoms. The highest BCUT2D eigenvalue weighted by Gasteiger charge is 2.43. The molecule has 9 N–H and O–H groups in total. The lowest BCUT2D eigenvalue weighted by Gasteiger charge is -2.37. The number of hydrogen-bond donors (Lipinski definition) is 9. The highest BCUT2D eigenvalue weighted by molar-refractivity contribution is 8.00. The topological polar surface area (TPSA) is 262 Å². The molecule has 0 saturated carbocycles. The number of nitrogens with one attached hydrogen (secondary N) is 7. The molecule has 3 heterocycles. The number of hydrogen-bond acceptors (Lipinski definition) is 10. The first-order chi connectivity index (χ1) is 44.8. The first-order valence-corrected chi connectivity index (χ1v) is 33.3. The van der Waals surface area contributed by atoms with Crippen molar-refractivity contribution < 1.29 is 43.8 Å². The van der Waals surface area contributed by atoms with Gasteiger partial charge in [-0.3, -0.25) is 24.0 Å². The Bertz CT molecular complexity index is 3430. The number of aromatic nitrogens is 2. The van der Waals surface area contributed by atoms with Gasteiger partial charge in [0.05, 0.1) is 24.1 Å². The number of fused-ring (bicyclic) bond motifs is 1. The number of aromatic hydroxyl groups is 1. The van der Waals surface area contributed by atoms with Gasteiger partial charge in [-0.25, -0.2) is 14.6 Å². The van der Waals surface area contributed by atoms with Crippen molar-refractivity contribution in [3.05, 3.63) is 216 Å². The largest absolute Gasteiger partial charge is 0.508 e. The van der Waals surface area contributed by atoms with E-state index >= 15 is 9.59 Å². The van der Waals surface area contributed by atoms with Crippen LogP contribution in [0.1, 0.15) is 124 Å². The van der Waals surface area contributed by atoms with E-state index in [4.69, 9.17) is 4.98 Å². The van der Waals surface area contributed by atoms with Crippen LogP contribution >= 0.6 is 11.8 Å². The van der Waals surface area contributed by atoms with Gasteiger partial charge < -0.3 is 52.0 Å². The zero-order valence-corrected chi connectivity index (χ0v) is 53.0. The van der Waals surface area contributed by atoms with Gasteiger partial charge in [0.15, 0.2) is 0 Å². The first kappa shape index (κ1) is 67.2. The van der Waals surface area contributed by atoms with Crippen molar-refractivity contribution in [2.75, 3.05) is 12.3 Å². The predicted octanol–water partition coefficient (Wildman–Crippen LogP) is 9.52. The van der Waals surface area contributed by atoms with Gasteiger partial charge in [-0.1, -0.05) is 197 Å². The highest BCUT2D eigenvalue weighted by atomic mass is 32.2. The quantitative estimate of drug-likeness (QED) is 0.0103. The third-order valence-corrected chi connectivity index (χ3v) is 18.8. The molecule has 2 aliphatic heterocycles. The number of amides is 7. The van der Waals surface area contributed by atoms with Crippen LogP contribution in [0.15, 0.2) is 182 Å². The maximum absolute atomic E-state index is 15.3. The van der Waals surface area contributed by atoms with Crippen LogP contribution in [-0.2, 0) is 53.6 Å². The monoisotopic (exact) mass is 1260 g/mol. The van der Waals surface area contributed by atoms with Gasteiger partial charge in [0, 0.05) is 55.8 Å². The zero-order chi connectivity index (χ0) is 64.7. The molecule has 18 nitrogen and oxygen atoms in total. The molecule has 7 aromatic rings. The summed E-state index contributed by atoms with van der Waals surface area (Å²) in [5, 5.41) is 41.2. The Morgan fingerprint density at radius 1 is 0.576 bits per heavy atom. The van der Waals surface area contributed by atoms with Crippen LogP contribution in [0.4, 0.5) is 4.79 Å². The van der Waals surface area contributed by atoms with E-state index in [-0.39, 0.29) is 73.0 Å². The number of carbonyl (C=O) groups excluding carboxylic acids is 6. The molecule has 0 bridgehead atoms. The summed E-state index contributed by atoms with van der Waals surface area (Å²) in [5.41, 5.74) is 5.46. The molecule has 2 fully saturated rings. The Labute approximate surface area is 543 Å². The number of phenolic OH excluding ortho intramolecular Hbond substituents is 1. The summed E-state index contributed by atoms with van der Waals surface area (Å²) in [7, 11) is 0. The van der Waals surface area contributed by atoms with Crippen molar-refractivity contribution in [3.8, 4) is 16.9 Å². The first-order valence-electron chi connectivity index (χ1n) is 32.3. The van der Waals surface area contributed by atoms with Gasteiger partial charge in [0.1, 0.15) is 35.5 Å². The van der Waals surface area contributed by atoms with Gasteiger partial charge in [0.25, 0.3) is 0 Å². The molecule has 7 amide bonds. The molecule has 1 aromatic heterocycles. The molecule has 0 unspecified atom stereocenters.